The molecule has 2 N–H and O–H groups in total. The maximum atomic E-state index is 13.2. The smallest absolute Gasteiger partial charge is 0.410 e. The van der Waals surface area contributed by atoms with Gasteiger partial charge in [-0.15, -0.1) is 11.3 Å². The monoisotopic (exact) mass is 696 g/mol. The van der Waals surface area contributed by atoms with Gasteiger partial charge in [0.15, 0.2) is 5.76 Å². The summed E-state index contributed by atoms with van der Waals surface area (Å²) in [5, 5.41) is 14.4. The van der Waals surface area contributed by atoms with Crippen molar-refractivity contribution in [3.63, 3.8) is 0 Å². The predicted octanol–water partition coefficient (Wildman–Crippen LogP) is 7.93. The molecule has 0 spiro atoms. The minimum absolute atomic E-state index is 0.0300. The van der Waals surface area contributed by atoms with Crippen molar-refractivity contribution < 1.29 is 27.5 Å². The molecule has 1 amide bonds. The Kier molecular flexibility index (Phi) is 9.81. The largest absolute Gasteiger partial charge is 0.454 e. The normalized spacial score (nSPS) is 12.5. The van der Waals surface area contributed by atoms with Crippen LogP contribution in [0.1, 0.15) is 38.0 Å². The number of aromatic nitrogens is 2. The number of sulfonamides is 1. The lowest BCUT2D eigenvalue weighted by Crippen LogP contribution is -2.40. The minimum atomic E-state index is -3.86. The predicted molar refractivity (Wildman–Crippen MR) is 191 cm³/mol. The molecule has 0 aliphatic rings. The maximum absolute atomic E-state index is 13.2. The second-order valence-electron chi connectivity index (χ2n) is 12.5. The summed E-state index contributed by atoms with van der Waals surface area (Å²) in [5.41, 5.74) is 3.48. The average Bonchev–Trinajstić information content (AvgIpc) is 3.75. The number of carbonyl (C=O) groups excluding carboxylic acids is 1. The van der Waals surface area contributed by atoms with Crippen molar-refractivity contribution >= 4 is 44.1 Å². The summed E-state index contributed by atoms with van der Waals surface area (Å²) in [7, 11) is -3.86. The van der Waals surface area contributed by atoms with Crippen LogP contribution in [0, 0.1) is 0 Å². The zero-order chi connectivity index (χ0) is 34.6. The number of hydrogen-bond donors (Lipinski definition) is 2. The van der Waals surface area contributed by atoms with Gasteiger partial charge in [0.25, 0.3) is 10.0 Å². The molecular weight excluding hydrogens is 661 g/mol. The van der Waals surface area contributed by atoms with Crippen LogP contribution in [-0.4, -0.2) is 53.2 Å². The number of benzene rings is 3. The van der Waals surface area contributed by atoms with E-state index in [9.17, 15) is 18.3 Å². The summed E-state index contributed by atoms with van der Waals surface area (Å²) >= 11 is 1.46. The van der Waals surface area contributed by atoms with Gasteiger partial charge in [-0.2, -0.15) is 0 Å². The number of aliphatic hydroxyl groups is 1. The molecule has 0 aliphatic heterocycles. The number of pyridine rings is 1. The van der Waals surface area contributed by atoms with E-state index in [1.807, 2.05) is 35.7 Å². The van der Waals surface area contributed by atoms with E-state index in [-0.39, 0.29) is 18.0 Å². The summed E-state index contributed by atoms with van der Waals surface area (Å²) in [6.07, 6.45) is 2.17. The van der Waals surface area contributed by atoms with Crippen molar-refractivity contribution in [3.8, 4) is 22.0 Å². The molecule has 0 bridgehead atoms. The minimum Gasteiger partial charge on any atom is -0.454 e. The van der Waals surface area contributed by atoms with Crippen LogP contribution in [0.25, 0.3) is 33.0 Å². The van der Waals surface area contributed by atoms with E-state index in [0.717, 1.165) is 32.8 Å². The number of fused-ring (bicyclic) bond motifs is 1. The van der Waals surface area contributed by atoms with E-state index in [1.165, 1.54) is 16.2 Å². The Bertz CT molecular complexity index is 2110. The molecule has 3 heterocycles. The van der Waals surface area contributed by atoms with E-state index in [2.05, 4.69) is 9.71 Å². The van der Waals surface area contributed by atoms with Gasteiger partial charge in [-0.25, -0.2) is 18.2 Å². The van der Waals surface area contributed by atoms with Crippen molar-refractivity contribution in [2.24, 2.45) is 0 Å². The fourth-order valence-electron chi connectivity index (χ4n) is 5.09. The molecule has 0 radical (unpaired) electrons. The molecule has 12 heteroatoms. The van der Waals surface area contributed by atoms with Gasteiger partial charge in [0.05, 0.1) is 17.5 Å². The van der Waals surface area contributed by atoms with E-state index in [4.69, 9.17) is 14.1 Å². The van der Waals surface area contributed by atoms with Gasteiger partial charge in [-0.05, 0) is 75.2 Å². The van der Waals surface area contributed by atoms with Crippen LogP contribution in [0.15, 0.2) is 118 Å². The number of para-hydroxylation sites is 1. The Hall–Kier alpha value is -5.04. The summed E-state index contributed by atoms with van der Waals surface area (Å²) < 4.78 is 40.6. The first-order valence-corrected chi connectivity index (χ1v) is 18.0. The lowest BCUT2D eigenvalue weighted by molar-refractivity contribution is 0.0146. The number of amides is 1. The first-order chi connectivity index (χ1) is 23.4. The number of carbonyl (C=O) groups is 1. The highest BCUT2D eigenvalue weighted by Gasteiger charge is 2.25. The number of aliphatic hydroxyl groups excluding tert-OH is 1. The third-order valence-electron chi connectivity index (χ3n) is 7.58. The molecule has 0 fully saturated rings. The van der Waals surface area contributed by atoms with Crippen LogP contribution in [0.2, 0.25) is 0 Å². The standard InChI is InChI=1S/C37H36N4O6S2/c1-37(2,3)47-36(43)41(23-32(42)28-8-6-19-38-22-28)20-18-25-10-14-29(15-11-25)40-49(44,45)30-16-12-26(13-17-30)35-39-31(24-48-35)34-21-27-7-4-5-9-33(27)46-34/h4-17,19,21-22,24,32,40,42H,18,20,23H2,1-3H3/t32-/m0/s1. The molecular formula is C37H36N4O6S2. The molecule has 3 aromatic heterocycles. The molecule has 10 nitrogen and oxygen atoms in total. The lowest BCUT2D eigenvalue weighted by atomic mass is 10.1. The molecule has 0 aliphatic carbocycles. The highest BCUT2D eigenvalue weighted by atomic mass is 32.2. The third-order valence-corrected chi connectivity index (χ3v) is 9.87. The van der Waals surface area contributed by atoms with Gasteiger partial charge in [0.1, 0.15) is 21.9 Å². The summed E-state index contributed by atoms with van der Waals surface area (Å²) in [6.45, 7) is 5.67. The SMILES string of the molecule is CC(C)(C)OC(=O)N(CCc1ccc(NS(=O)(=O)c2ccc(-c3nc(-c4cc5ccccc5o4)cs3)cc2)cc1)C[C@H](O)c1cccnc1. The lowest BCUT2D eigenvalue weighted by Gasteiger charge is -2.29. The second-order valence-corrected chi connectivity index (χ2v) is 15.0. The van der Waals surface area contributed by atoms with Crippen molar-refractivity contribution in [3.05, 3.63) is 120 Å². The van der Waals surface area contributed by atoms with E-state index in [0.29, 0.717) is 23.4 Å². The molecule has 49 heavy (non-hydrogen) atoms. The zero-order valence-corrected chi connectivity index (χ0v) is 28.9. The van der Waals surface area contributed by atoms with Crippen LogP contribution in [0.4, 0.5) is 10.5 Å². The number of nitrogens with one attached hydrogen (secondary N) is 1. The number of furan rings is 1. The Morgan fingerprint density at radius 3 is 2.47 bits per heavy atom. The third kappa shape index (κ3) is 8.52. The first-order valence-electron chi connectivity index (χ1n) is 15.7. The van der Waals surface area contributed by atoms with Gasteiger partial charge >= 0.3 is 6.09 Å². The number of thiazole rings is 1. The highest BCUT2D eigenvalue weighted by molar-refractivity contribution is 7.92. The average molecular weight is 697 g/mol. The Morgan fingerprint density at radius 1 is 1.02 bits per heavy atom. The van der Waals surface area contributed by atoms with Gasteiger partial charge in [-0.3, -0.25) is 9.71 Å². The molecule has 1 atom stereocenters. The number of ether oxygens (including phenoxy) is 1. The quantitative estimate of drug-likeness (QED) is 0.139. The molecule has 0 saturated heterocycles. The van der Waals surface area contributed by atoms with Gasteiger partial charge < -0.3 is 19.2 Å². The van der Waals surface area contributed by atoms with Gasteiger partial charge in [0.2, 0.25) is 0 Å². The van der Waals surface area contributed by atoms with Crippen molar-refractivity contribution in [2.75, 3.05) is 17.8 Å². The van der Waals surface area contributed by atoms with Crippen LogP contribution in [0.3, 0.4) is 0 Å². The Labute approximate surface area is 289 Å². The molecule has 252 valence electrons. The molecule has 0 saturated carbocycles. The fraction of sp³-hybridized carbons (Fsp3) is 0.216. The van der Waals surface area contributed by atoms with E-state index >= 15 is 0 Å². The topological polar surface area (TPSA) is 135 Å². The number of rotatable bonds is 11. The highest BCUT2D eigenvalue weighted by Crippen LogP contribution is 2.33. The fourth-order valence-corrected chi connectivity index (χ4v) is 6.97. The van der Waals surface area contributed by atoms with Gasteiger partial charge in [0, 0.05) is 46.5 Å². The first kappa shape index (κ1) is 33.8. The maximum Gasteiger partial charge on any atom is 0.410 e. The Balaban J connectivity index is 1.08. The van der Waals surface area contributed by atoms with E-state index in [1.54, 1.807) is 93.8 Å². The van der Waals surface area contributed by atoms with Gasteiger partial charge in [-0.1, -0.05) is 48.5 Å². The van der Waals surface area contributed by atoms with Crippen molar-refractivity contribution in [2.45, 2.75) is 43.8 Å². The van der Waals surface area contributed by atoms with Crippen LogP contribution < -0.4 is 4.72 Å². The summed E-state index contributed by atoms with van der Waals surface area (Å²) in [5.74, 6) is 0.679. The summed E-state index contributed by atoms with van der Waals surface area (Å²) in [6, 6.07) is 26.7. The van der Waals surface area contributed by atoms with Crippen molar-refractivity contribution in [1.29, 1.82) is 0 Å². The van der Waals surface area contributed by atoms with Crippen LogP contribution in [-0.2, 0) is 21.2 Å². The zero-order valence-electron chi connectivity index (χ0n) is 27.2. The van der Waals surface area contributed by atoms with Crippen LogP contribution in [0.5, 0.6) is 0 Å². The summed E-state index contributed by atoms with van der Waals surface area (Å²) in [4.78, 5) is 23.3. The Morgan fingerprint density at radius 2 is 1.78 bits per heavy atom. The molecule has 6 rings (SSSR count). The van der Waals surface area contributed by atoms with E-state index < -0.39 is 27.8 Å². The number of anilines is 1. The van der Waals surface area contributed by atoms with Crippen LogP contribution >= 0.6 is 11.3 Å². The molecule has 6 aromatic rings. The molecule has 3 aromatic carbocycles. The van der Waals surface area contributed by atoms with Crippen molar-refractivity contribution in [1.82, 2.24) is 14.9 Å². The molecule has 0 unspecified atom stereocenters. The number of hydrogen-bond acceptors (Lipinski definition) is 9. The second kappa shape index (κ2) is 14.2. The number of nitrogens with zero attached hydrogens (tertiary/aromatic N) is 3.